The first kappa shape index (κ1) is 21.0. The normalized spacial score (nSPS) is 19.5. The quantitative estimate of drug-likeness (QED) is 0.577. The number of ether oxygens (including phenoxy) is 2. The molecule has 0 unspecified atom stereocenters. The van der Waals surface area contributed by atoms with Crippen molar-refractivity contribution in [1.82, 2.24) is 20.4 Å². The third-order valence-corrected chi connectivity index (χ3v) is 6.36. The molecular formula is C24H24N4O5. The Labute approximate surface area is 190 Å². The summed E-state index contributed by atoms with van der Waals surface area (Å²) in [5.41, 5.74) is 2.79. The van der Waals surface area contributed by atoms with E-state index in [1.165, 1.54) is 18.2 Å². The number of rotatable bonds is 6. The zero-order chi connectivity index (χ0) is 23.2. The summed E-state index contributed by atoms with van der Waals surface area (Å²) in [6.45, 7) is 1.60. The second-order valence-corrected chi connectivity index (χ2v) is 8.36. The van der Waals surface area contributed by atoms with Gasteiger partial charge in [-0.3, -0.25) is 9.69 Å². The van der Waals surface area contributed by atoms with Gasteiger partial charge in [0.15, 0.2) is 0 Å². The number of carbonyl (C=O) groups is 2. The molecule has 0 bridgehead atoms. The van der Waals surface area contributed by atoms with E-state index in [-0.39, 0.29) is 24.2 Å². The molecule has 2 heterocycles. The van der Waals surface area contributed by atoms with E-state index < -0.39 is 11.6 Å². The maximum atomic E-state index is 13.3. The standard InChI is InChI=1S/C24H24N4O5/c1-24(16-8-7-14-5-4-6-15(14)11-16)22(29)28(23(30)26-24)13-20-25-21(27-33-20)18-10-9-17(31-2)12-19(18)32-3/h7-12H,4-6,13H2,1-3H3,(H,26,30)/t24-/m1/s1. The van der Waals surface area contributed by atoms with Crippen LogP contribution in [-0.4, -0.2) is 41.2 Å². The minimum absolute atomic E-state index is 0.128. The Balaban J connectivity index is 1.38. The summed E-state index contributed by atoms with van der Waals surface area (Å²) in [5.74, 6) is 1.22. The second kappa shape index (κ2) is 7.91. The first-order valence-electron chi connectivity index (χ1n) is 10.7. The van der Waals surface area contributed by atoms with Gasteiger partial charge in [0.05, 0.1) is 19.8 Å². The van der Waals surface area contributed by atoms with Crippen molar-refractivity contribution >= 4 is 11.9 Å². The topological polar surface area (TPSA) is 107 Å². The number of nitrogens with one attached hydrogen (secondary N) is 1. The van der Waals surface area contributed by atoms with Crippen LogP contribution in [0.1, 0.15) is 35.9 Å². The molecule has 33 heavy (non-hydrogen) atoms. The molecule has 1 fully saturated rings. The van der Waals surface area contributed by atoms with Gasteiger partial charge in [0.1, 0.15) is 23.6 Å². The lowest BCUT2D eigenvalue weighted by atomic mass is 9.90. The molecule has 0 spiro atoms. The lowest BCUT2D eigenvalue weighted by molar-refractivity contribution is -0.131. The molecule has 3 aromatic rings. The maximum Gasteiger partial charge on any atom is 0.325 e. The lowest BCUT2D eigenvalue weighted by Crippen LogP contribution is -2.41. The highest BCUT2D eigenvalue weighted by Gasteiger charge is 2.49. The molecule has 5 rings (SSSR count). The molecule has 1 N–H and O–H groups in total. The average molecular weight is 448 g/mol. The van der Waals surface area contributed by atoms with E-state index in [1.54, 1.807) is 32.2 Å². The van der Waals surface area contributed by atoms with Crippen molar-refractivity contribution in [3.8, 4) is 22.9 Å². The fourth-order valence-electron chi connectivity index (χ4n) is 4.47. The van der Waals surface area contributed by atoms with Gasteiger partial charge in [0.2, 0.25) is 11.7 Å². The van der Waals surface area contributed by atoms with Crippen LogP contribution in [0.4, 0.5) is 4.79 Å². The number of methoxy groups -OCH3 is 2. The van der Waals surface area contributed by atoms with Crippen LogP contribution in [0.25, 0.3) is 11.4 Å². The van der Waals surface area contributed by atoms with E-state index in [4.69, 9.17) is 14.0 Å². The Morgan fingerprint density at radius 3 is 2.70 bits per heavy atom. The number of imide groups is 1. The van der Waals surface area contributed by atoms with Crippen molar-refractivity contribution < 1.29 is 23.6 Å². The van der Waals surface area contributed by atoms with Gasteiger partial charge >= 0.3 is 6.03 Å². The van der Waals surface area contributed by atoms with Crippen molar-refractivity contribution in [3.05, 3.63) is 59.0 Å². The molecular weight excluding hydrogens is 424 g/mol. The summed E-state index contributed by atoms with van der Waals surface area (Å²) in [6, 6.07) is 10.7. The van der Waals surface area contributed by atoms with Crippen LogP contribution >= 0.6 is 0 Å². The first-order chi connectivity index (χ1) is 15.9. The highest BCUT2D eigenvalue weighted by Crippen LogP contribution is 2.34. The summed E-state index contributed by atoms with van der Waals surface area (Å²) < 4.78 is 16.0. The van der Waals surface area contributed by atoms with E-state index >= 15 is 0 Å². The zero-order valence-corrected chi connectivity index (χ0v) is 18.7. The molecule has 2 aromatic carbocycles. The van der Waals surface area contributed by atoms with Crippen LogP contribution in [0.5, 0.6) is 11.5 Å². The number of carbonyl (C=O) groups excluding carboxylic acids is 2. The minimum atomic E-state index is -1.14. The number of urea groups is 1. The number of hydrogen-bond acceptors (Lipinski definition) is 7. The number of hydrogen-bond donors (Lipinski definition) is 1. The predicted molar refractivity (Wildman–Crippen MR) is 118 cm³/mol. The van der Waals surface area contributed by atoms with Crippen LogP contribution < -0.4 is 14.8 Å². The largest absolute Gasteiger partial charge is 0.497 e. The van der Waals surface area contributed by atoms with Crippen LogP contribution in [0.2, 0.25) is 0 Å². The van der Waals surface area contributed by atoms with Crippen LogP contribution in [-0.2, 0) is 29.7 Å². The van der Waals surface area contributed by atoms with E-state index in [0.717, 1.165) is 29.7 Å². The van der Waals surface area contributed by atoms with Crippen molar-refractivity contribution in [2.24, 2.45) is 0 Å². The van der Waals surface area contributed by atoms with Crippen molar-refractivity contribution in [3.63, 3.8) is 0 Å². The van der Waals surface area contributed by atoms with Crippen LogP contribution in [0, 0.1) is 0 Å². The molecule has 3 amide bonds. The average Bonchev–Trinajstić information content (AvgIpc) is 3.54. The number of aromatic nitrogens is 2. The first-order valence-corrected chi connectivity index (χ1v) is 10.7. The molecule has 2 aliphatic rings. The Morgan fingerprint density at radius 1 is 1.09 bits per heavy atom. The van der Waals surface area contributed by atoms with E-state index in [2.05, 4.69) is 21.5 Å². The van der Waals surface area contributed by atoms with Gasteiger partial charge in [0.25, 0.3) is 5.91 Å². The van der Waals surface area contributed by atoms with Gasteiger partial charge < -0.3 is 19.3 Å². The number of aryl methyl sites for hydroxylation is 2. The molecule has 0 radical (unpaired) electrons. The number of nitrogens with zero attached hydrogens (tertiary/aromatic N) is 3. The molecule has 1 saturated heterocycles. The third kappa shape index (κ3) is 3.49. The van der Waals surface area contributed by atoms with E-state index in [9.17, 15) is 9.59 Å². The summed E-state index contributed by atoms with van der Waals surface area (Å²) in [7, 11) is 3.10. The second-order valence-electron chi connectivity index (χ2n) is 8.36. The Morgan fingerprint density at radius 2 is 1.91 bits per heavy atom. The van der Waals surface area contributed by atoms with Gasteiger partial charge in [-0.2, -0.15) is 4.98 Å². The van der Waals surface area contributed by atoms with Gasteiger partial charge in [-0.25, -0.2) is 4.79 Å². The van der Waals surface area contributed by atoms with Crippen molar-refractivity contribution in [2.45, 2.75) is 38.3 Å². The smallest absolute Gasteiger partial charge is 0.325 e. The molecule has 1 aromatic heterocycles. The monoisotopic (exact) mass is 448 g/mol. The molecule has 170 valence electrons. The molecule has 1 aliphatic carbocycles. The fourth-order valence-corrected chi connectivity index (χ4v) is 4.47. The van der Waals surface area contributed by atoms with E-state index in [0.29, 0.717) is 17.1 Å². The van der Waals surface area contributed by atoms with Crippen molar-refractivity contribution in [2.75, 3.05) is 14.2 Å². The summed E-state index contributed by atoms with van der Waals surface area (Å²) >= 11 is 0. The number of benzene rings is 2. The van der Waals surface area contributed by atoms with Crippen LogP contribution in [0.3, 0.4) is 0 Å². The summed E-state index contributed by atoms with van der Waals surface area (Å²) in [4.78, 5) is 31.5. The molecule has 1 atom stereocenters. The Bertz CT molecular complexity index is 1250. The van der Waals surface area contributed by atoms with Crippen LogP contribution in [0.15, 0.2) is 40.9 Å². The Hall–Kier alpha value is -3.88. The molecule has 9 heteroatoms. The Kier molecular flexibility index (Phi) is 5.03. The summed E-state index contributed by atoms with van der Waals surface area (Å²) in [6.07, 6.45) is 3.16. The van der Waals surface area contributed by atoms with Gasteiger partial charge in [-0.1, -0.05) is 23.4 Å². The highest BCUT2D eigenvalue weighted by atomic mass is 16.5. The van der Waals surface area contributed by atoms with Gasteiger partial charge in [-0.15, -0.1) is 0 Å². The third-order valence-electron chi connectivity index (χ3n) is 6.36. The van der Waals surface area contributed by atoms with Gasteiger partial charge in [-0.05, 0) is 55.0 Å². The fraction of sp³-hybridized carbons (Fsp3) is 0.333. The molecule has 9 nitrogen and oxygen atoms in total. The van der Waals surface area contributed by atoms with E-state index in [1.807, 2.05) is 12.1 Å². The number of amides is 3. The SMILES string of the molecule is COc1ccc(-c2noc(CN3C(=O)N[C@](C)(c4ccc5c(c4)CCC5)C3=O)n2)c(OC)c1. The molecule has 0 saturated carbocycles. The zero-order valence-electron chi connectivity index (χ0n) is 18.7. The predicted octanol–water partition coefficient (Wildman–Crippen LogP) is 3.21. The van der Waals surface area contributed by atoms with Crippen molar-refractivity contribution in [1.29, 1.82) is 0 Å². The van der Waals surface area contributed by atoms with Gasteiger partial charge in [0, 0.05) is 6.07 Å². The summed E-state index contributed by atoms with van der Waals surface area (Å²) in [5, 5.41) is 6.84. The maximum absolute atomic E-state index is 13.3. The number of fused-ring (bicyclic) bond motifs is 1. The highest BCUT2D eigenvalue weighted by molar-refractivity contribution is 6.07. The minimum Gasteiger partial charge on any atom is -0.497 e. The lowest BCUT2D eigenvalue weighted by Gasteiger charge is -2.22. The molecule has 1 aliphatic heterocycles.